The third kappa shape index (κ3) is 9.75. The lowest BCUT2D eigenvalue weighted by Gasteiger charge is -2.29. The summed E-state index contributed by atoms with van der Waals surface area (Å²) in [4.78, 5) is 45.2. The van der Waals surface area contributed by atoms with Crippen molar-refractivity contribution in [3.63, 3.8) is 0 Å². The van der Waals surface area contributed by atoms with E-state index in [1.165, 1.54) is 35.3 Å². The third-order valence-electron chi connectivity index (χ3n) is 10.7. The second-order valence-electron chi connectivity index (χ2n) is 19.3. The molecule has 6 aliphatic heterocycles. The number of fused-ring (bicyclic) bond motifs is 6. The van der Waals surface area contributed by atoms with Gasteiger partial charge in [0.2, 0.25) is 23.1 Å². The Hall–Kier alpha value is -3.08. The molecule has 0 amide bonds. The van der Waals surface area contributed by atoms with Gasteiger partial charge in [-0.25, -0.2) is 0 Å². The Morgan fingerprint density at radius 3 is 0.929 bits per heavy atom. The first-order valence-corrected chi connectivity index (χ1v) is 29.1. The SMILES string of the molecule is CCOC(=O)CSc1c2c(c([C](c3c4c(c(SCC(=O)OCC)c5c3OC(C)(C)O5)OC(C)(C)O4)c3c4c(c(SCC(=O)OCC)c5c3SC(C)(C)S5)SC(C)(C)S4)c3c1OC(C)(C)O3)OC(C)(C)O2. The van der Waals surface area contributed by atoms with Crippen LogP contribution >= 0.6 is 82.3 Å². The summed E-state index contributed by atoms with van der Waals surface area (Å²) in [5.74, 6) is -2.48. The number of benzene rings is 3. The quantitative estimate of drug-likeness (QED) is 0.0613. The normalized spacial score (nSPS) is 19.8. The minimum absolute atomic E-state index is 0.0412. The van der Waals surface area contributed by atoms with Crippen molar-refractivity contribution in [2.45, 2.75) is 169 Å². The molecule has 0 bridgehead atoms. The highest BCUT2D eigenvalue weighted by Crippen LogP contribution is 2.73. The summed E-state index contributed by atoms with van der Waals surface area (Å²) >= 11 is 10.9. The standard InChI is InChI=1S/C49H57O14S7/c1-16-53-22(50)19-64-39-33-29(56-44(4,5)60-33)26(30-34(39)61-45(6,7)57-30)25(27-31-35(62-46(8,9)58-31)40(65-20-23(51)54-17-2)36-32(27)59-47(10,11)63-36)28-37-42(69-48(12,13)67-37)41(66-21-24(52)55-18-3)43-38(28)68-49(14,15)70-43/h16-21H2,1-15H3. The number of hydrogen-bond donors (Lipinski definition) is 0. The molecule has 0 aromatic heterocycles. The molecule has 14 nitrogen and oxygen atoms in total. The fraction of sp³-hybridized carbons (Fsp3) is 0.551. The van der Waals surface area contributed by atoms with Crippen LogP contribution in [0.5, 0.6) is 46.0 Å². The first-order valence-electron chi connectivity index (χ1n) is 22.9. The maximum atomic E-state index is 13.1. The minimum atomic E-state index is -1.20. The van der Waals surface area contributed by atoms with Gasteiger partial charge in [0.05, 0.1) is 62.3 Å². The van der Waals surface area contributed by atoms with Gasteiger partial charge in [0.15, 0.2) is 46.0 Å². The van der Waals surface area contributed by atoms with Gasteiger partial charge in [-0.1, -0.05) is 0 Å². The van der Waals surface area contributed by atoms with Crippen LogP contribution < -0.4 is 37.9 Å². The van der Waals surface area contributed by atoms with Crippen molar-refractivity contribution in [2.75, 3.05) is 37.1 Å². The predicted molar refractivity (Wildman–Crippen MR) is 275 cm³/mol. The van der Waals surface area contributed by atoms with Gasteiger partial charge in [-0.15, -0.1) is 82.3 Å². The number of rotatable bonds is 15. The van der Waals surface area contributed by atoms with Gasteiger partial charge in [0.25, 0.3) is 0 Å². The minimum Gasteiger partial charge on any atom is -0.465 e. The molecule has 0 spiro atoms. The monoisotopic (exact) mass is 1090 g/mol. The van der Waals surface area contributed by atoms with Crippen LogP contribution in [-0.2, 0) is 28.6 Å². The van der Waals surface area contributed by atoms with Gasteiger partial charge >= 0.3 is 17.9 Å². The van der Waals surface area contributed by atoms with Crippen LogP contribution in [0.25, 0.3) is 0 Å². The van der Waals surface area contributed by atoms with Gasteiger partial charge in [-0.3, -0.25) is 14.4 Å². The van der Waals surface area contributed by atoms with E-state index in [-0.39, 0.29) is 51.2 Å². The molecule has 0 saturated heterocycles. The smallest absolute Gasteiger partial charge is 0.316 e. The number of carbonyl (C=O) groups is 3. The lowest BCUT2D eigenvalue weighted by molar-refractivity contribution is -0.140. The average molecular weight is 1090 g/mol. The van der Waals surface area contributed by atoms with Gasteiger partial charge in [0.1, 0.15) is 9.79 Å². The topological polar surface area (TPSA) is 153 Å². The van der Waals surface area contributed by atoms with Gasteiger partial charge in [0, 0.05) is 79.9 Å². The zero-order valence-electron chi connectivity index (χ0n) is 41.8. The van der Waals surface area contributed by atoms with E-state index in [2.05, 4.69) is 27.7 Å². The summed E-state index contributed by atoms with van der Waals surface area (Å²) in [6.45, 7) is 29.4. The van der Waals surface area contributed by atoms with E-state index >= 15 is 0 Å². The molecule has 6 heterocycles. The second-order valence-corrected chi connectivity index (χ2v) is 29.3. The summed E-state index contributed by atoms with van der Waals surface area (Å²) in [6, 6.07) is 0. The molecule has 0 saturated carbocycles. The first kappa shape index (κ1) is 51.8. The zero-order valence-corrected chi connectivity index (χ0v) is 47.5. The summed E-state index contributed by atoms with van der Waals surface area (Å²) in [5.41, 5.74) is 1.82. The van der Waals surface area contributed by atoms with Gasteiger partial charge < -0.3 is 52.1 Å². The Balaban J connectivity index is 1.43. The Morgan fingerprint density at radius 2 is 0.643 bits per heavy atom. The van der Waals surface area contributed by atoms with Crippen LogP contribution in [0.3, 0.4) is 0 Å². The van der Waals surface area contributed by atoms with Crippen LogP contribution in [0.15, 0.2) is 34.3 Å². The average Bonchev–Trinajstić information content (AvgIpc) is 4.05. The van der Waals surface area contributed by atoms with E-state index in [0.29, 0.717) is 72.8 Å². The summed E-state index contributed by atoms with van der Waals surface area (Å²) in [7, 11) is 0. The summed E-state index contributed by atoms with van der Waals surface area (Å²) in [6.07, 6.45) is 0. The summed E-state index contributed by atoms with van der Waals surface area (Å²) in [5, 5.41) is 0. The number of thioether (sulfide) groups is 7. The second kappa shape index (κ2) is 18.4. The molecule has 6 aliphatic rings. The van der Waals surface area contributed by atoms with Crippen LogP contribution in [-0.4, -0.2) is 86.3 Å². The Morgan fingerprint density at radius 1 is 0.386 bits per heavy atom. The predicted octanol–water partition coefficient (Wildman–Crippen LogP) is 12.6. The molecular weight excluding hydrogens is 1040 g/mol. The largest absolute Gasteiger partial charge is 0.465 e. The number of hydrogen-bond acceptors (Lipinski definition) is 21. The highest BCUT2D eigenvalue weighted by molar-refractivity contribution is 8.22. The Kier molecular flexibility index (Phi) is 13.6. The summed E-state index contributed by atoms with van der Waals surface area (Å²) < 4.78 is 70.7. The van der Waals surface area contributed by atoms with E-state index in [0.717, 1.165) is 30.0 Å². The van der Waals surface area contributed by atoms with Crippen molar-refractivity contribution in [1.82, 2.24) is 0 Å². The van der Waals surface area contributed by atoms with E-state index in [1.54, 1.807) is 60.9 Å². The van der Waals surface area contributed by atoms with Crippen molar-refractivity contribution in [2.24, 2.45) is 0 Å². The van der Waals surface area contributed by atoms with Crippen LogP contribution in [0.1, 0.15) is 121 Å². The molecule has 21 heteroatoms. The highest BCUT2D eigenvalue weighted by Gasteiger charge is 2.55. The van der Waals surface area contributed by atoms with Gasteiger partial charge in [-0.2, -0.15) is 0 Å². The number of esters is 3. The lowest BCUT2D eigenvalue weighted by Crippen LogP contribution is -2.31. The molecule has 379 valence electrons. The number of carbonyl (C=O) groups excluding carboxylic acids is 3. The number of ether oxygens (including phenoxy) is 11. The van der Waals surface area contributed by atoms with E-state index in [4.69, 9.17) is 52.1 Å². The zero-order chi connectivity index (χ0) is 50.7. The van der Waals surface area contributed by atoms with E-state index < -0.39 is 35.1 Å². The first-order chi connectivity index (χ1) is 32.7. The van der Waals surface area contributed by atoms with Crippen LogP contribution in [0.4, 0.5) is 0 Å². The molecule has 9 rings (SSSR count). The lowest BCUT2D eigenvalue weighted by atomic mass is 9.82. The van der Waals surface area contributed by atoms with E-state index in [9.17, 15) is 14.4 Å². The molecule has 0 atom stereocenters. The third-order valence-corrected chi connectivity index (χ3v) is 19.8. The molecule has 70 heavy (non-hydrogen) atoms. The molecule has 3 aromatic rings. The van der Waals surface area contributed by atoms with Crippen LogP contribution in [0.2, 0.25) is 0 Å². The Bertz CT molecular complexity index is 2290. The van der Waals surface area contributed by atoms with Crippen molar-refractivity contribution in [1.29, 1.82) is 0 Å². The molecular formula is C49H57O14S7. The van der Waals surface area contributed by atoms with Gasteiger partial charge in [-0.05, 0) is 54.0 Å². The Labute approximate surface area is 438 Å². The highest BCUT2D eigenvalue weighted by atomic mass is 32.2. The van der Waals surface area contributed by atoms with Crippen molar-refractivity contribution in [3.05, 3.63) is 22.6 Å². The van der Waals surface area contributed by atoms with E-state index in [1.807, 2.05) is 62.3 Å². The maximum Gasteiger partial charge on any atom is 0.316 e. The maximum absolute atomic E-state index is 13.1. The fourth-order valence-electron chi connectivity index (χ4n) is 8.58. The molecule has 3 aromatic carbocycles. The molecule has 0 fully saturated rings. The van der Waals surface area contributed by atoms with Crippen LogP contribution in [0, 0.1) is 5.92 Å². The molecule has 0 aliphatic carbocycles. The molecule has 0 N–H and O–H groups in total. The molecule has 0 unspecified atom stereocenters. The van der Waals surface area contributed by atoms with Crippen molar-refractivity contribution >= 4 is 100 Å². The van der Waals surface area contributed by atoms with Crippen molar-refractivity contribution in [3.8, 4) is 46.0 Å². The van der Waals surface area contributed by atoms with Crippen molar-refractivity contribution < 1.29 is 66.5 Å². The fourth-order valence-corrected chi connectivity index (χ4v) is 17.6. The molecule has 1 radical (unpaired) electrons.